The summed E-state index contributed by atoms with van der Waals surface area (Å²) in [6.45, 7) is 5.19. The predicted octanol–water partition coefficient (Wildman–Crippen LogP) is 0.795. The third kappa shape index (κ3) is 2.66. The van der Waals surface area contributed by atoms with Crippen molar-refractivity contribution in [1.29, 1.82) is 0 Å². The van der Waals surface area contributed by atoms with Crippen LogP contribution in [0.25, 0.3) is 0 Å². The van der Waals surface area contributed by atoms with Crippen LogP contribution in [0.5, 0.6) is 5.75 Å². The van der Waals surface area contributed by atoms with Gasteiger partial charge in [0.1, 0.15) is 6.61 Å². The van der Waals surface area contributed by atoms with E-state index in [4.69, 9.17) is 4.74 Å². The summed E-state index contributed by atoms with van der Waals surface area (Å²) in [6, 6.07) is 5.57. The lowest BCUT2D eigenvalue weighted by Gasteiger charge is -2.34. The molecule has 2 aliphatic heterocycles. The molecule has 2 heterocycles. The highest BCUT2D eigenvalue weighted by Crippen LogP contribution is 2.32. The Morgan fingerprint density at radius 2 is 1.86 bits per heavy atom. The maximum Gasteiger partial charge on any atom is 0.257 e. The molecule has 0 atom stereocenters. The number of carbonyl (C=O) groups is 2. The van der Waals surface area contributed by atoms with Gasteiger partial charge in [-0.15, -0.1) is 0 Å². The number of rotatable bonds is 1. The molecule has 1 fully saturated rings. The number of ether oxygens (including phenoxy) is 1. The van der Waals surface area contributed by atoms with Crippen LogP contribution in [0.4, 0.5) is 5.69 Å². The summed E-state index contributed by atoms with van der Waals surface area (Å²) < 4.78 is 5.65. The Hall–Kier alpha value is -2.24. The van der Waals surface area contributed by atoms with Crippen molar-refractivity contribution in [2.24, 2.45) is 0 Å². The van der Waals surface area contributed by atoms with Gasteiger partial charge in [-0.25, -0.2) is 0 Å². The van der Waals surface area contributed by atoms with Gasteiger partial charge in [0, 0.05) is 39.6 Å². The van der Waals surface area contributed by atoms with Crippen LogP contribution in [0.3, 0.4) is 0 Å². The zero-order valence-corrected chi connectivity index (χ0v) is 12.1. The summed E-state index contributed by atoms with van der Waals surface area (Å²) in [5.41, 5.74) is 1.46. The highest BCUT2D eigenvalue weighted by molar-refractivity contribution is 5.99. The standard InChI is InChI=1S/C15H19N3O3/c1-11(19)17-6-8-18(9-7-17)15(20)12-3-2-4-13-14(12)21-10-5-16-13/h2-4,16H,5-10H2,1H3. The topological polar surface area (TPSA) is 61.9 Å². The fourth-order valence-corrected chi connectivity index (χ4v) is 2.73. The molecule has 1 saturated heterocycles. The minimum absolute atomic E-state index is 0.0289. The molecule has 3 rings (SSSR count). The van der Waals surface area contributed by atoms with Crippen molar-refractivity contribution < 1.29 is 14.3 Å². The lowest BCUT2D eigenvalue weighted by molar-refractivity contribution is -0.130. The highest BCUT2D eigenvalue weighted by atomic mass is 16.5. The molecule has 21 heavy (non-hydrogen) atoms. The summed E-state index contributed by atoms with van der Waals surface area (Å²) >= 11 is 0. The fraction of sp³-hybridized carbons (Fsp3) is 0.467. The Morgan fingerprint density at radius 1 is 1.14 bits per heavy atom. The third-order valence-electron chi connectivity index (χ3n) is 3.92. The number of hydrogen-bond donors (Lipinski definition) is 1. The second-order valence-corrected chi connectivity index (χ2v) is 5.26. The second-order valence-electron chi connectivity index (χ2n) is 5.26. The maximum atomic E-state index is 12.7. The number of nitrogens with one attached hydrogen (secondary N) is 1. The SMILES string of the molecule is CC(=O)N1CCN(C(=O)c2cccc3c2OCCN3)CC1. The van der Waals surface area contributed by atoms with Gasteiger partial charge in [0.15, 0.2) is 5.75 Å². The van der Waals surface area contributed by atoms with Gasteiger partial charge >= 0.3 is 0 Å². The van der Waals surface area contributed by atoms with E-state index in [9.17, 15) is 9.59 Å². The maximum absolute atomic E-state index is 12.7. The molecule has 1 aromatic rings. The van der Waals surface area contributed by atoms with E-state index in [1.54, 1.807) is 22.8 Å². The van der Waals surface area contributed by atoms with Crippen molar-refractivity contribution in [2.45, 2.75) is 6.92 Å². The average Bonchev–Trinajstić information content (AvgIpc) is 2.53. The average molecular weight is 289 g/mol. The number of amides is 2. The van der Waals surface area contributed by atoms with Crippen molar-refractivity contribution in [3.8, 4) is 5.75 Å². The number of piperazine rings is 1. The molecule has 0 unspecified atom stereocenters. The van der Waals surface area contributed by atoms with E-state index in [1.807, 2.05) is 12.1 Å². The minimum Gasteiger partial charge on any atom is -0.489 e. The zero-order valence-electron chi connectivity index (χ0n) is 12.1. The van der Waals surface area contributed by atoms with Crippen LogP contribution < -0.4 is 10.1 Å². The largest absolute Gasteiger partial charge is 0.489 e. The molecule has 0 aliphatic carbocycles. The molecule has 6 nitrogen and oxygen atoms in total. The number of nitrogens with zero attached hydrogens (tertiary/aromatic N) is 2. The van der Waals surface area contributed by atoms with Gasteiger partial charge in [0.25, 0.3) is 5.91 Å². The number of benzene rings is 1. The van der Waals surface area contributed by atoms with E-state index >= 15 is 0 Å². The quantitative estimate of drug-likeness (QED) is 0.830. The second kappa shape index (κ2) is 5.63. The van der Waals surface area contributed by atoms with Crippen LogP contribution >= 0.6 is 0 Å². The van der Waals surface area contributed by atoms with E-state index < -0.39 is 0 Å². The molecular weight excluding hydrogens is 270 g/mol. The molecular formula is C15H19N3O3. The van der Waals surface area contributed by atoms with E-state index in [2.05, 4.69) is 5.32 Å². The smallest absolute Gasteiger partial charge is 0.257 e. The molecule has 0 radical (unpaired) electrons. The normalized spacial score (nSPS) is 17.6. The van der Waals surface area contributed by atoms with Gasteiger partial charge < -0.3 is 19.9 Å². The van der Waals surface area contributed by atoms with Crippen LogP contribution in [0, 0.1) is 0 Å². The Labute approximate surface area is 123 Å². The van der Waals surface area contributed by atoms with Crippen LogP contribution in [0.1, 0.15) is 17.3 Å². The molecule has 0 bridgehead atoms. The molecule has 0 saturated carbocycles. The molecule has 2 aliphatic rings. The Morgan fingerprint density at radius 3 is 2.57 bits per heavy atom. The van der Waals surface area contributed by atoms with Gasteiger partial charge in [0.05, 0.1) is 11.3 Å². The number of fused-ring (bicyclic) bond motifs is 1. The summed E-state index contributed by atoms with van der Waals surface area (Å²) in [6.07, 6.45) is 0. The molecule has 0 spiro atoms. The Kier molecular flexibility index (Phi) is 3.68. The van der Waals surface area contributed by atoms with E-state index in [-0.39, 0.29) is 11.8 Å². The minimum atomic E-state index is -0.0289. The van der Waals surface area contributed by atoms with Crippen molar-refractivity contribution in [1.82, 2.24) is 9.80 Å². The first-order chi connectivity index (χ1) is 10.2. The zero-order chi connectivity index (χ0) is 14.8. The highest BCUT2D eigenvalue weighted by Gasteiger charge is 2.26. The van der Waals surface area contributed by atoms with Gasteiger partial charge in [0.2, 0.25) is 5.91 Å². The van der Waals surface area contributed by atoms with E-state index in [1.165, 1.54) is 0 Å². The number of hydrogen-bond acceptors (Lipinski definition) is 4. The first-order valence-corrected chi connectivity index (χ1v) is 7.21. The van der Waals surface area contributed by atoms with Crippen LogP contribution in [0.2, 0.25) is 0 Å². The monoisotopic (exact) mass is 289 g/mol. The number of carbonyl (C=O) groups excluding carboxylic acids is 2. The van der Waals surface area contributed by atoms with E-state index in [0.29, 0.717) is 44.1 Å². The lowest BCUT2D eigenvalue weighted by atomic mass is 10.1. The Balaban J connectivity index is 1.76. The predicted molar refractivity (Wildman–Crippen MR) is 78.6 cm³/mol. The van der Waals surface area contributed by atoms with Crippen LogP contribution in [0.15, 0.2) is 18.2 Å². The molecule has 1 N–H and O–H groups in total. The van der Waals surface area contributed by atoms with Gasteiger partial charge in [-0.05, 0) is 12.1 Å². The number of anilines is 1. The van der Waals surface area contributed by atoms with E-state index in [0.717, 1.165) is 12.2 Å². The fourth-order valence-electron chi connectivity index (χ4n) is 2.73. The lowest BCUT2D eigenvalue weighted by Crippen LogP contribution is -2.50. The summed E-state index contributed by atoms with van der Waals surface area (Å²) in [5.74, 6) is 0.674. The van der Waals surface area contributed by atoms with Crippen molar-refractivity contribution in [2.75, 3.05) is 44.6 Å². The molecule has 1 aromatic carbocycles. The molecule has 2 amide bonds. The first kappa shape index (κ1) is 13.7. The summed E-state index contributed by atoms with van der Waals surface area (Å²) in [5, 5.41) is 3.23. The first-order valence-electron chi connectivity index (χ1n) is 7.21. The van der Waals surface area contributed by atoms with Crippen molar-refractivity contribution >= 4 is 17.5 Å². The van der Waals surface area contributed by atoms with Crippen LogP contribution in [-0.4, -0.2) is 60.9 Å². The van der Waals surface area contributed by atoms with Gasteiger partial charge in [-0.1, -0.05) is 6.07 Å². The van der Waals surface area contributed by atoms with Crippen molar-refractivity contribution in [3.63, 3.8) is 0 Å². The molecule has 112 valence electrons. The van der Waals surface area contributed by atoms with Crippen molar-refractivity contribution in [3.05, 3.63) is 23.8 Å². The summed E-state index contributed by atoms with van der Waals surface area (Å²) in [7, 11) is 0. The molecule has 0 aromatic heterocycles. The van der Waals surface area contributed by atoms with Gasteiger partial charge in [-0.3, -0.25) is 9.59 Å². The van der Waals surface area contributed by atoms with Crippen LogP contribution in [-0.2, 0) is 4.79 Å². The third-order valence-corrected chi connectivity index (χ3v) is 3.92. The Bertz CT molecular complexity index is 565. The summed E-state index contributed by atoms with van der Waals surface area (Å²) in [4.78, 5) is 27.5. The van der Waals surface area contributed by atoms with Gasteiger partial charge in [-0.2, -0.15) is 0 Å². The number of para-hydroxylation sites is 1. The molecule has 6 heteroatoms.